The lowest BCUT2D eigenvalue weighted by Gasteiger charge is -2.32. The van der Waals surface area contributed by atoms with Crippen molar-refractivity contribution in [2.45, 2.75) is 64.6 Å². The lowest BCUT2D eigenvalue weighted by molar-refractivity contribution is -0.138. The lowest BCUT2D eigenvalue weighted by atomic mass is 9.79. The molecule has 1 rings (SSSR count). The number of carbonyl (C=O) groups excluding carboxylic acids is 1. The van der Waals surface area contributed by atoms with Crippen molar-refractivity contribution in [3.8, 4) is 0 Å². The van der Waals surface area contributed by atoms with Gasteiger partial charge in [-0.25, -0.2) is 4.79 Å². The number of hydrogen-bond acceptors (Lipinski definition) is 3. The summed E-state index contributed by atoms with van der Waals surface area (Å²) in [6.45, 7) is 10.5. The van der Waals surface area contributed by atoms with Crippen molar-refractivity contribution in [3.63, 3.8) is 0 Å². The molecule has 0 aromatic carbocycles. The van der Waals surface area contributed by atoms with Crippen molar-refractivity contribution < 1.29 is 14.0 Å². The standard InChI is InChI=1S/C18H32O3Si/c1-6-15-12-10-11-13-16(15)14-17(18(19)20-5)21-22(7-2,8-3)9-4/h6,14-16H,1,7-13H2,2-5H3/b17-14+/t15-,16+/m1/s1. The minimum Gasteiger partial charge on any atom is -0.539 e. The molecule has 1 fully saturated rings. The zero-order valence-electron chi connectivity index (χ0n) is 14.7. The van der Waals surface area contributed by atoms with E-state index in [1.165, 1.54) is 20.0 Å². The van der Waals surface area contributed by atoms with Crippen LogP contribution < -0.4 is 0 Å². The van der Waals surface area contributed by atoms with Gasteiger partial charge in [-0.2, -0.15) is 0 Å². The van der Waals surface area contributed by atoms with Crippen molar-refractivity contribution >= 4 is 14.3 Å². The van der Waals surface area contributed by atoms with Crippen LogP contribution in [0.15, 0.2) is 24.5 Å². The molecule has 3 nitrogen and oxygen atoms in total. The monoisotopic (exact) mass is 324 g/mol. The van der Waals surface area contributed by atoms with E-state index in [2.05, 4.69) is 27.4 Å². The maximum atomic E-state index is 12.2. The second-order valence-electron chi connectivity index (χ2n) is 6.22. The highest BCUT2D eigenvalue weighted by molar-refractivity contribution is 6.74. The smallest absolute Gasteiger partial charge is 0.371 e. The molecule has 1 saturated carbocycles. The van der Waals surface area contributed by atoms with Crippen LogP contribution in [0.25, 0.3) is 0 Å². The molecule has 0 unspecified atom stereocenters. The summed E-state index contributed by atoms with van der Waals surface area (Å²) >= 11 is 0. The van der Waals surface area contributed by atoms with Crippen LogP contribution in [-0.4, -0.2) is 21.4 Å². The van der Waals surface area contributed by atoms with E-state index in [1.54, 1.807) is 0 Å². The maximum Gasteiger partial charge on any atom is 0.371 e. The zero-order valence-corrected chi connectivity index (χ0v) is 15.7. The molecule has 1 aliphatic rings. The van der Waals surface area contributed by atoms with Crippen LogP contribution in [-0.2, 0) is 14.0 Å². The second kappa shape index (κ2) is 9.18. The molecule has 0 saturated heterocycles. The molecule has 22 heavy (non-hydrogen) atoms. The molecular weight excluding hydrogens is 292 g/mol. The number of carbonyl (C=O) groups is 1. The van der Waals surface area contributed by atoms with Gasteiger partial charge in [-0.1, -0.05) is 39.7 Å². The normalized spacial score (nSPS) is 23.0. The Balaban J connectivity index is 3.03. The molecule has 126 valence electrons. The number of methoxy groups -OCH3 is 1. The molecule has 2 atom stereocenters. The Kier molecular flexibility index (Phi) is 7.94. The molecule has 0 amide bonds. The first-order valence-electron chi connectivity index (χ1n) is 8.67. The van der Waals surface area contributed by atoms with Crippen molar-refractivity contribution in [1.82, 2.24) is 0 Å². The molecular formula is C18H32O3Si. The number of rotatable bonds is 8. The van der Waals surface area contributed by atoms with Crippen LogP contribution in [0.3, 0.4) is 0 Å². The molecule has 1 aliphatic carbocycles. The fraction of sp³-hybridized carbons (Fsp3) is 0.722. The number of allylic oxidation sites excluding steroid dienone is 2. The van der Waals surface area contributed by atoms with Gasteiger partial charge in [-0.05, 0) is 48.9 Å². The summed E-state index contributed by atoms with van der Waals surface area (Å²) in [5, 5.41) is 0. The Morgan fingerprint density at radius 1 is 1.14 bits per heavy atom. The van der Waals surface area contributed by atoms with Gasteiger partial charge in [0.15, 0.2) is 5.76 Å². The molecule has 0 aliphatic heterocycles. The highest BCUT2D eigenvalue weighted by atomic mass is 28.4. The number of ether oxygens (including phenoxy) is 1. The number of esters is 1. The van der Waals surface area contributed by atoms with Crippen LogP contribution in [0, 0.1) is 11.8 Å². The molecule has 0 bridgehead atoms. The third-order valence-corrected chi connectivity index (χ3v) is 9.71. The Hall–Kier alpha value is -1.03. The molecule has 4 heteroatoms. The molecule has 0 heterocycles. The minimum absolute atomic E-state index is 0.333. The lowest BCUT2D eigenvalue weighted by Crippen LogP contribution is -2.37. The predicted octanol–water partition coefficient (Wildman–Crippen LogP) is 5.06. The van der Waals surface area contributed by atoms with Gasteiger partial charge in [0.05, 0.1) is 7.11 Å². The van der Waals surface area contributed by atoms with Crippen LogP contribution >= 0.6 is 0 Å². The van der Waals surface area contributed by atoms with Gasteiger partial charge in [0.2, 0.25) is 0 Å². The molecule has 0 spiro atoms. The minimum atomic E-state index is -1.87. The second-order valence-corrected chi connectivity index (χ2v) is 10.9. The Labute approximate surface area is 136 Å². The van der Waals surface area contributed by atoms with E-state index in [0.717, 1.165) is 31.0 Å². The van der Waals surface area contributed by atoms with E-state index in [1.807, 2.05) is 12.2 Å². The van der Waals surface area contributed by atoms with Gasteiger partial charge in [0.25, 0.3) is 8.32 Å². The Bertz CT molecular complexity index is 391. The third-order valence-electron chi connectivity index (χ3n) is 5.19. The van der Waals surface area contributed by atoms with Gasteiger partial charge >= 0.3 is 5.97 Å². The van der Waals surface area contributed by atoms with Gasteiger partial charge in [0.1, 0.15) is 0 Å². The third kappa shape index (κ3) is 4.73. The van der Waals surface area contributed by atoms with Gasteiger partial charge in [-0.3, -0.25) is 0 Å². The van der Waals surface area contributed by atoms with Crippen molar-refractivity contribution in [3.05, 3.63) is 24.5 Å². The molecule has 0 aromatic heterocycles. The SMILES string of the molecule is C=C[C@@H]1CCCC[C@H]1/C=C(/O[Si](CC)(CC)CC)C(=O)OC. The quantitative estimate of drug-likeness (QED) is 0.206. The molecule has 0 N–H and O–H groups in total. The van der Waals surface area contributed by atoms with E-state index in [-0.39, 0.29) is 5.97 Å². The van der Waals surface area contributed by atoms with E-state index in [9.17, 15) is 4.79 Å². The fourth-order valence-corrected chi connectivity index (χ4v) is 5.88. The summed E-state index contributed by atoms with van der Waals surface area (Å²) in [6, 6.07) is 3.05. The molecule has 0 aromatic rings. The van der Waals surface area contributed by atoms with Crippen LogP contribution in [0.5, 0.6) is 0 Å². The van der Waals surface area contributed by atoms with Crippen LogP contribution in [0.1, 0.15) is 46.5 Å². The summed E-state index contributed by atoms with van der Waals surface area (Å²) in [4.78, 5) is 12.2. The van der Waals surface area contributed by atoms with Gasteiger partial charge < -0.3 is 9.16 Å². The average molecular weight is 325 g/mol. The summed E-state index contributed by atoms with van der Waals surface area (Å²) in [6.07, 6.45) is 8.75. The highest BCUT2D eigenvalue weighted by Crippen LogP contribution is 2.34. The first-order chi connectivity index (χ1) is 10.6. The average Bonchev–Trinajstić information content (AvgIpc) is 2.58. The van der Waals surface area contributed by atoms with Gasteiger partial charge in [0, 0.05) is 0 Å². The highest BCUT2D eigenvalue weighted by Gasteiger charge is 2.34. The Morgan fingerprint density at radius 2 is 1.68 bits per heavy atom. The van der Waals surface area contributed by atoms with Crippen molar-refractivity contribution in [2.75, 3.05) is 7.11 Å². The first-order valence-corrected chi connectivity index (χ1v) is 11.2. The van der Waals surface area contributed by atoms with Crippen molar-refractivity contribution in [1.29, 1.82) is 0 Å². The summed E-state index contributed by atoms with van der Waals surface area (Å²) in [7, 11) is -0.442. The van der Waals surface area contributed by atoms with E-state index in [0.29, 0.717) is 17.6 Å². The number of hydrogen-bond donors (Lipinski definition) is 0. The fourth-order valence-electron chi connectivity index (χ4n) is 3.33. The Morgan fingerprint density at radius 3 is 2.14 bits per heavy atom. The largest absolute Gasteiger partial charge is 0.539 e. The maximum absolute atomic E-state index is 12.2. The molecule has 0 radical (unpaired) electrons. The van der Waals surface area contributed by atoms with E-state index >= 15 is 0 Å². The summed E-state index contributed by atoms with van der Waals surface area (Å²) in [5.41, 5.74) is 0. The van der Waals surface area contributed by atoms with E-state index < -0.39 is 8.32 Å². The van der Waals surface area contributed by atoms with E-state index in [4.69, 9.17) is 9.16 Å². The predicted molar refractivity (Wildman–Crippen MR) is 94.0 cm³/mol. The first kappa shape index (κ1) is 19.0. The van der Waals surface area contributed by atoms with Gasteiger partial charge in [-0.15, -0.1) is 6.58 Å². The summed E-state index contributed by atoms with van der Waals surface area (Å²) < 4.78 is 11.3. The topological polar surface area (TPSA) is 35.5 Å². The summed E-state index contributed by atoms with van der Waals surface area (Å²) in [5.74, 6) is 0.898. The van der Waals surface area contributed by atoms with Crippen molar-refractivity contribution in [2.24, 2.45) is 11.8 Å². The zero-order chi connectivity index (χ0) is 16.6. The van der Waals surface area contributed by atoms with Crippen LogP contribution in [0.4, 0.5) is 0 Å². The van der Waals surface area contributed by atoms with Crippen LogP contribution in [0.2, 0.25) is 18.1 Å².